The molecule has 4 heteroatoms. The molecule has 30 heavy (non-hydrogen) atoms. The normalized spacial score (nSPS) is 11.1. The Morgan fingerprint density at radius 1 is 0.733 bits per heavy atom. The Hall–Kier alpha value is -1.55. The van der Waals surface area contributed by atoms with Crippen LogP contribution in [0.2, 0.25) is 0 Å². The maximum absolute atomic E-state index is 12.4. The summed E-state index contributed by atoms with van der Waals surface area (Å²) in [4.78, 5) is 14.3. The van der Waals surface area contributed by atoms with Gasteiger partial charge in [-0.25, -0.2) is 0 Å². The fourth-order valence-electron chi connectivity index (χ4n) is 3.42. The highest BCUT2D eigenvalue weighted by Crippen LogP contribution is 2.29. The van der Waals surface area contributed by atoms with Crippen molar-refractivity contribution in [3.05, 3.63) is 23.8 Å². The topological polar surface area (TPSA) is 38.8 Å². The van der Waals surface area contributed by atoms with Crippen molar-refractivity contribution in [2.24, 2.45) is 0 Å². The summed E-state index contributed by atoms with van der Waals surface area (Å²) in [5, 5.41) is 0. The number of likely N-dealkylation sites (N-methyl/N-ethyl adjacent to an activating group) is 1. The second-order valence-electron chi connectivity index (χ2n) is 8.55. The van der Waals surface area contributed by atoms with Crippen molar-refractivity contribution >= 4 is 5.78 Å². The predicted molar refractivity (Wildman–Crippen MR) is 127 cm³/mol. The lowest BCUT2D eigenvalue weighted by molar-refractivity contribution is 0.0957. The Morgan fingerprint density at radius 3 is 1.77 bits per heavy atom. The fourth-order valence-corrected chi connectivity index (χ4v) is 3.42. The van der Waals surface area contributed by atoms with E-state index >= 15 is 0 Å². The maximum Gasteiger partial charge on any atom is 0.176 e. The first kappa shape index (κ1) is 26.5. The molecule has 0 aliphatic rings. The van der Waals surface area contributed by atoms with Crippen LogP contribution < -0.4 is 9.47 Å². The molecular formula is C26H45NO3. The number of hydrogen-bond acceptors (Lipinski definition) is 4. The molecule has 0 heterocycles. The fraction of sp³-hybridized carbons (Fsp3) is 0.731. The number of nitrogens with zero attached hydrogens (tertiary/aromatic N) is 1. The average molecular weight is 420 g/mol. The SMILES string of the molecule is CCCCCCCCOc1ccc(C(=O)CN(C)C)cc1OCCCCCCCC. The number of rotatable bonds is 19. The van der Waals surface area contributed by atoms with Crippen LogP contribution in [0, 0.1) is 0 Å². The van der Waals surface area contributed by atoms with E-state index in [-0.39, 0.29) is 5.78 Å². The number of carbonyl (C=O) groups excluding carboxylic acids is 1. The lowest BCUT2D eigenvalue weighted by Gasteiger charge is -2.15. The molecule has 0 fully saturated rings. The number of benzene rings is 1. The molecule has 0 atom stereocenters. The van der Waals surface area contributed by atoms with E-state index in [1.807, 2.05) is 37.2 Å². The van der Waals surface area contributed by atoms with Crippen LogP contribution in [0.25, 0.3) is 0 Å². The van der Waals surface area contributed by atoms with Gasteiger partial charge in [0.1, 0.15) is 0 Å². The number of ketones is 1. The predicted octanol–water partition coefficient (Wildman–Crippen LogP) is 6.91. The van der Waals surface area contributed by atoms with Gasteiger partial charge in [-0.1, -0.05) is 78.1 Å². The van der Waals surface area contributed by atoms with Crippen molar-refractivity contribution in [2.75, 3.05) is 33.9 Å². The zero-order chi connectivity index (χ0) is 22.0. The molecule has 0 spiro atoms. The summed E-state index contributed by atoms with van der Waals surface area (Å²) in [5.74, 6) is 1.57. The number of ether oxygens (including phenoxy) is 2. The van der Waals surface area contributed by atoms with Crippen LogP contribution in [-0.2, 0) is 0 Å². The van der Waals surface area contributed by atoms with Gasteiger partial charge in [0, 0.05) is 5.56 Å². The lowest BCUT2D eigenvalue weighted by Crippen LogP contribution is -2.21. The highest BCUT2D eigenvalue weighted by atomic mass is 16.5. The van der Waals surface area contributed by atoms with Gasteiger partial charge in [0.2, 0.25) is 0 Å². The van der Waals surface area contributed by atoms with Crippen LogP contribution >= 0.6 is 0 Å². The largest absolute Gasteiger partial charge is 0.490 e. The van der Waals surface area contributed by atoms with Gasteiger partial charge in [0.25, 0.3) is 0 Å². The summed E-state index contributed by atoms with van der Waals surface area (Å²) < 4.78 is 12.1. The van der Waals surface area contributed by atoms with Gasteiger partial charge in [0.15, 0.2) is 17.3 Å². The van der Waals surface area contributed by atoms with Crippen LogP contribution in [0.15, 0.2) is 18.2 Å². The molecule has 0 saturated heterocycles. The first-order valence-corrected chi connectivity index (χ1v) is 12.2. The summed E-state index contributed by atoms with van der Waals surface area (Å²) in [6, 6.07) is 5.62. The average Bonchev–Trinajstić information content (AvgIpc) is 2.72. The third-order valence-corrected chi connectivity index (χ3v) is 5.24. The van der Waals surface area contributed by atoms with E-state index in [0.29, 0.717) is 31.1 Å². The van der Waals surface area contributed by atoms with Crippen molar-refractivity contribution in [1.29, 1.82) is 0 Å². The highest BCUT2D eigenvalue weighted by Gasteiger charge is 2.13. The minimum Gasteiger partial charge on any atom is -0.490 e. The minimum atomic E-state index is 0.104. The summed E-state index contributed by atoms with van der Waals surface area (Å²) in [6.07, 6.45) is 14.8. The monoisotopic (exact) mass is 419 g/mol. The molecule has 0 aromatic heterocycles. The third-order valence-electron chi connectivity index (χ3n) is 5.24. The molecule has 0 aliphatic carbocycles. The van der Waals surface area contributed by atoms with Crippen LogP contribution in [0.4, 0.5) is 0 Å². The Labute approximate surface area is 185 Å². The highest BCUT2D eigenvalue weighted by molar-refractivity contribution is 5.98. The van der Waals surface area contributed by atoms with Crippen molar-refractivity contribution in [3.63, 3.8) is 0 Å². The molecular weight excluding hydrogens is 374 g/mol. The first-order chi connectivity index (χ1) is 14.6. The number of carbonyl (C=O) groups is 1. The second kappa shape index (κ2) is 17.2. The Bertz CT molecular complexity index is 571. The zero-order valence-electron chi connectivity index (χ0n) is 20.0. The zero-order valence-corrected chi connectivity index (χ0v) is 20.0. The van der Waals surface area contributed by atoms with E-state index in [0.717, 1.165) is 18.6 Å². The molecule has 0 radical (unpaired) electrons. The smallest absolute Gasteiger partial charge is 0.176 e. The molecule has 4 nitrogen and oxygen atoms in total. The van der Waals surface area contributed by atoms with Crippen LogP contribution in [0.1, 0.15) is 101 Å². The number of Topliss-reactive ketones (excluding diaryl/α,β-unsaturated/α-hetero) is 1. The summed E-state index contributed by atoms with van der Waals surface area (Å²) in [5.41, 5.74) is 0.688. The van der Waals surface area contributed by atoms with Gasteiger partial charge in [-0.3, -0.25) is 4.79 Å². The van der Waals surface area contributed by atoms with Crippen LogP contribution in [-0.4, -0.2) is 44.5 Å². The molecule has 0 amide bonds. The second-order valence-corrected chi connectivity index (χ2v) is 8.55. The summed E-state index contributed by atoms with van der Waals surface area (Å²) in [7, 11) is 3.82. The van der Waals surface area contributed by atoms with E-state index in [1.54, 1.807) is 0 Å². The van der Waals surface area contributed by atoms with E-state index < -0.39 is 0 Å². The van der Waals surface area contributed by atoms with Crippen molar-refractivity contribution in [3.8, 4) is 11.5 Å². The van der Waals surface area contributed by atoms with Gasteiger partial charge >= 0.3 is 0 Å². The molecule has 1 rings (SSSR count). The summed E-state index contributed by atoms with van der Waals surface area (Å²) in [6.45, 7) is 6.24. The van der Waals surface area contributed by atoms with Crippen LogP contribution in [0.3, 0.4) is 0 Å². The molecule has 0 bridgehead atoms. The summed E-state index contributed by atoms with van der Waals surface area (Å²) >= 11 is 0. The molecule has 1 aromatic carbocycles. The van der Waals surface area contributed by atoms with Gasteiger partial charge in [0.05, 0.1) is 19.8 Å². The number of hydrogen-bond donors (Lipinski definition) is 0. The lowest BCUT2D eigenvalue weighted by atomic mass is 10.1. The Balaban J connectivity index is 2.57. The molecule has 172 valence electrons. The Morgan fingerprint density at radius 2 is 1.23 bits per heavy atom. The molecule has 0 unspecified atom stereocenters. The van der Waals surface area contributed by atoms with Gasteiger partial charge < -0.3 is 14.4 Å². The van der Waals surface area contributed by atoms with Gasteiger partial charge in [-0.15, -0.1) is 0 Å². The van der Waals surface area contributed by atoms with E-state index in [1.165, 1.54) is 64.2 Å². The van der Waals surface area contributed by atoms with Crippen LogP contribution in [0.5, 0.6) is 11.5 Å². The van der Waals surface area contributed by atoms with Gasteiger partial charge in [-0.05, 0) is 45.1 Å². The first-order valence-electron chi connectivity index (χ1n) is 12.2. The molecule has 0 N–H and O–H groups in total. The maximum atomic E-state index is 12.4. The molecule has 0 saturated carbocycles. The van der Waals surface area contributed by atoms with E-state index in [9.17, 15) is 4.79 Å². The van der Waals surface area contributed by atoms with E-state index in [2.05, 4.69) is 13.8 Å². The quantitative estimate of drug-likeness (QED) is 0.180. The number of unbranched alkanes of at least 4 members (excludes halogenated alkanes) is 10. The molecule has 0 aliphatic heterocycles. The third kappa shape index (κ3) is 12.2. The van der Waals surface area contributed by atoms with Crippen molar-refractivity contribution < 1.29 is 14.3 Å². The Kier molecular flexibility index (Phi) is 15.2. The van der Waals surface area contributed by atoms with E-state index in [4.69, 9.17) is 9.47 Å². The standard InChI is InChI=1S/C26H45NO3/c1-5-7-9-11-13-15-19-29-25-18-17-23(24(28)22-27(3)4)21-26(25)30-20-16-14-12-10-8-6-2/h17-18,21H,5-16,19-20,22H2,1-4H3. The molecule has 1 aromatic rings. The van der Waals surface area contributed by atoms with Crippen molar-refractivity contribution in [1.82, 2.24) is 4.90 Å². The van der Waals surface area contributed by atoms with Crippen molar-refractivity contribution in [2.45, 2.75) is 90.9 Å². The minimum absolute atomic E-state index is 0.104. The van der Waals surface area contributed by atoms with Gasteiger partial charge in [-0.2, -0.15) is 0 Å².